The van der Waals surface area contributed by atoms with Crippen molar-refractivity contribution in [2.45, 2.75) is 62.4 Å². The largest absolute Gasteiger partial charge is 0.507 e. The Labute approximate surface area is 310 Å². The maximum Gasteiger partial charge on any atom is 0.229 e. The van der Waals surface area contributed by atoms with E-state index in [1.165, 1.54) is 32.5 Å². The number of nitrogens with one attached hydrogen (secondary N) is 1. The van der Waals surface area contributed by atoms with Gasteiger partial charge in [-0.3, -0.25) is 14.6 Å². The number of nitrogens with zero attached hydrogens (tertiary/aromatic N) is 2. The van der Waals surface area contributed by atoms with Crippen LogP contribution >= 0.6 is 0 Å². The first-order chi connectivity index (χ1) is 25.9. The number of aliphatic hydroxyl groups excluding tert-OH is 3. The molecule has 5 unspecified atom stereocenters. The van der Waals surface area contributed by atoms with Crippen molar-refractivity contribution in [1.29, 1.82) is 0 Å². The number of ketones is 2. The van der Waals surface area contributed by atoms with Gasteiger partial charge in [0.05, 0.1) is 24.8 Å². The van der Waals surface area contributed by atoms with E-state index in [0.29, 0.717) is 29.5 Å². The van der Waals surface area contributed by atoms with Crippen LogP contribution in [0.1, 0.15) is 60.5 Å². The quantitative estimate of drug-likeness (QED) is 0.0660. The highest BCUT2D eigenvalue weighted by Gasteiger charge is 2.55. The van der Waals surface area contributed by atoms with Crippen LogP contribution in [0.25, 0.3) is 0 Å². The summed E-state index contributed by atoms with van der Waals surface area (Å²) in [4.78, 5) is 36.5. The topological polar surface area (TPSA) is 252 Å². The molecule has 1 fully saturated rings. The third kappa shape index (κ3) is 7.31. The number of carbonyl (C=O) groups excluding carboxylic acids is 2. The van der Waals surface area contributed by atoms with Gasteiger partial charge in [-0.1, -0.05) is 30.3 Å². The number of guanidine groups is 1. The summed E-state index contributed by atoms with van der Waals surface area (Å²) in [6.07, 6.45) is -4.45. The zero-order valence-electron chi connectivity index (χ0n) is 29.7. The molecule has 5 atom stereocenters. The second-order valence-electron chi connectivity index (χ2n) is 13.2. The maximum atomic E-state index is 14.4. The first kappa shape index (κ1) is 38.2. The Balaban J connectivity index is 1.35. The Morgan fingerprint density at radius 3 is 2.43 bits per heavy atom. The van der Waals surface area contributed by atoms with Crippen molar-refractivity contribution in [3.05, 3.63) is 111 Å². The van der Waals surface area contributed by atoms with Crippen LogP contribution in [0, 0.1) is 0 Å². The Morgan fingerprint density at radius 1 is 1.00 bits per heavy atom. The summed E-state index contributed by atoms with van der Waals surface area (Å²) in [5.41, 5.74) is 11.6. The van der Waals surface area contributed by atoms with Crippen molar-refractivity contribution in [2.24, 2.45) is 10.7 Å². The van der Waals surface area contributed by atoms with Gasteiger partial charge in [0.25, 0.3) is 0 Å². The lowest BCUT2D eigenvalue weighted by molar-refractivity contribution is -0.314. The standard InChI is InChI=1S/C39H43N5O10/c1-42-38(41)44-18-26-22(9-8-20-6-4-3-5-7-20)15-24-31(33(26)47)34(48)30-25(32(24)46)16-23(52-2)17-27(30)53-37-35(49)36(50)39(51,28(19-45)54-37)12-10-21-11-13-43-29(40)14-21/h3-7,11,13-17,28,35-37,45,47,49-51H,8-10,12,18-19H2,1-2H3,(H2,40,43)(H3,41,42,44). The fraction of sp³-hybridized carbons (Fsp3) is 0.333. The van der Waals surface area contributed by atoms with Gasteiger partial charge in [-0.15, -0.1) is 0 Å². The predicted octanol–water partition coefficient (Wildman–Crippen LogP) is 1.15. The zero-order valence-corrected chi connectivity index (χ0v) is 29.7. The molecule has 15 heteroatoms. The third-order valence-corrected chi connectivity index (χ3v) is 10.0. The Hall–Kier alpha value is -5.58. The van der Waals surface area contributed by atoms with Gasteiger partial charge in [0, 0.05) is 42.5 Å². The molecule has 1 aromatic heterocycles. The van der Waals surface area contributed by atoms with Gasteiger partial charge in [0.15, 0.2) is 11.7 Å². The van der Waals surface area contributed by atoms with Crippen LogP contribution in [0.2, 0.25) is 0 Å². The molecule has 1 saturated heterocycles. The molecule has 4 aromatic rings. The number of fused-ring (bicyclic) bond motifs is 2. The van der Waals surface area contributed by atoms with Crippen LogP contribution < -0.4 is 26.3 Å². The molecule has 1 aliphatic heterocycles. The number of carbonyl (C=O) groups is 2. The van der Waals surface area contributed by atoms with E-state index in [1.807, 2.05) is 30.3 Å². The minimum atomic E-state index is -2.13. The predicted molar refractivity (Wildman–Crippen MR) is 197 cm³/mol. The highest BCUT2D eigenvalue weighted by molar-refractivity contribution is 6.30. The molecular formula is C39H43N5O10. The van der Waals surface area contributed by atoms with Gasteiger partial charge < -0.3 is 56.5 Å². The van der Waals surface area contributed by atoms with E-state index in [0.717, 1.165) is 5.56 Å². The highest BCUT2D eigenvalue weighted by Crippen LogP contribution is 2.43. The van der Waals surface area contributed by atoms with Gasteiger partial charge >= 0.3 is 0 Å². The van der Waals surface area contributed by atoms with E-state index in [2.05, 4.69) is 15.3 Å². The van der Waals surface area contributed by atoms with Crippen molar-refractivity contribution in [3.63, 3.8) is 0 Å². The minimum absolute atomic E-state index is 0.00724. The Bertz CT molecular complexity index is 2070. The SMILES string of the molecule is CN=C(N)NCc1c(CCc2ccccc2)cc2c(c1O)C(=O)c1c(OC3OC(CO)C(O)(CCc4ccnc(N)c4)C(O)C3O)cc(OC)cc1C2=O. The number of phenols is 1. The monoisotopic (exact) mass is 741 g/mol. The highest BCUT2D eigenvalue weighted by atomic mass is 16.7. The Morgan fingerprint density at radius 2 is 1.74 bits per heavy atom. The molecule has 3 aromatic carbocycles. The average Bonchev–Trinajstić information content (AvgIpc) is 3.18. The molecule has 6 rings (SSSR count). The number of hydrogen-bond acceptors (Lipinski definition) is 13. The van der Waals surface area contributed by atoms with E-state index in [1.54, 1.807) is 18.2 Å². The number of hydrogen-bond donors (Lipinski definition) is 8. The van der Waals surface area contributed by atoms with E-state index in [4.69, 9.17) is 25.7 Å². The smallest absolute Gasteiger partial charge is 0.229 e. The molecule has 54 heavy (non-hydrogen) atoms. The summed E-state index contributed by atoms with van der Waals surface area (Å²) >= 11 is 0. The summed E-state index contributed by atoms with van der Waals surface area (Å²) in [6.45, 7) is -0.781. The van der Waals surface area contributed by atoms with Crippen molar-refractivity contribution in [2.75, 3.05) is 26.5 Å². The van der Waals surface area contributed by atoms with Gasteiger partial charge in [-0.05, 0) is 66.6 Å². The molecule has 0 bridgehead atoms. The van der Waals surface area contributed by atoms with Gasteiger partial charge in [0.2, 0.25) is 12.1 Å². The summed E-state index contributed by atoms with van der Waals surface area (Å²) in [7, 11) is 2.84. The normalized spacial score (nSPS) is 22.4. The third-order valence-electron chi connectivity index (χ3n) is 10.0. The molecule has 0 radical (unpaired) electrons. The fourth-order valence-corrected chi connectivity index (χ4v) is 6.98. The second-order valence-corrected chi connectivity index (χ2v) is 13.2. The van der Waals surface area contributed by atoms with Crippen LogP contribution in [0.5, 0.6) is 17.2 Å². The van der Waals surface area contributed by atoms with E-state index >= 15 is 0 Å². The first-order valence-electron chi connectivity index (χ1n) is 17.3. The van der Waals surface area contributed by atoms with Gasteiger partial charge in [-0.2, -0.15) is 0 Å². The van der Waals surface area contributed by atoms with Crippen LogP contribution in [0.15, 0.2) is 71.9 Å². The zero-order chi connectivity index (χ0) is 38.7. The molecule has 1 aliphatic carbocycles. The number of nitrogens with two attached hydrogens (primary N) is 2. The molecule has 0 spiro atoms. The minimum Gasteiger partial charge on any atom is -0.507 e. The molecule has 0 amide bonds. The number of pyridine rings is 1. The van der Waals surface area contributed by atoms with Gasteiger partial charge in [0.1, 0.15) is 47.0 Å². The number of aromatic hydroxyl groups is 1. The van der Waals surface area contributed by atoms with E-state index in [9.17, 15) is 35.1 Å². The number of benzene rings is 3. The summed E-state index contributed by atoms with van der Waals surface area (Å²) in [5, 5.41) is 59.0. The van der Waals surface area contributed by atoms with Crippen molar-refractivity contribution < 1.29 is 49.3 Å². The van der Waals surface area contributed by atoms with E-state index < -0.39 is 54.1 Å². The Kier molecular flexibility index (Phi) is 11.2. The molecule has 15 nitrogen and oxygen atoms in total. The number of aliphatic hydroxyl groups is 4. The molecule has 284 valence electrons. The lowest BCUT2D eigenvalue weighted by Crippen LogP contribution is -2.68. The number of nitrogen functional groups attached to an aromatic ring is 1. The van der Waals surface area contributed by atoms with Crippen LogP contribution in [-0.2, 0) is 30.5 Å². The second kappa shape index (κ2) is 15.8. The van der Waals surface area contributed by atoms with E-state index in [-0.39, 0.29) is 64.9 Å². The average molecular weight is 742 g/mol. The molecule has 10 N–H and O–H groups in total. The molecule has 2 aliphatic rings. The number of phenolic OH excluding ortho intramolecular Hbond substituents is 1. The number of ether oxygens (including phenoxy) is 3. The number of aliphatic imine (C=N–C) groups is 1. The summed E-state index contributed by atoms with van der Waals surface area (Å²) in [6, 6.07) is 17.2. The van der Waals surface area contributed by atoms with Gasteiger partial charge in [-0.25, -0.2) is 4.98 Å². The molecule has 2 heterocycles. The maximum absolute atomic E-state index is 14.4. The molecule has 0 saturated carbocycles. The lowest BCUT2D eigenvalue weighted by atomic mass is 9.79. The van der Waals surface area contributed by atoms with Crippen molar-refractivity contribution in [3.8, 4) is 17.2 Å². The van der Waals surface area contributed by atoms with Crippen LogP contribution in [-0.4, -0.2) is 99.0 Å². The number of anilines is 1. The summed E-state index contributed by atoms with van der Waals surface area (Å²) in [5.74, 6) is -1.59. The summed E-state index contributed by atoms with van der Waals surface area (Å²) < 4.78 is 17.3. The number of methoxy groups -OCH3 is 1. The number of aryl methyl sites for hydroxylation is 3. The number of aromatic nitrogens is 1. The molecular weight excluding hydrogens is 698 g/mol. The first-order valence-corrected chi connectivity index (χ1v) is 17.3. The lowest BCUT2D eigenvalue weighted by Gasteiger charge is -2.47. The van der Waals surface area contributed by atoms with Crippen molar-refractivity contribution in [1.82, 2.24) is 10.3 Å². The number of rotatable bonds is 12. The van der Waals surface area contributed by atoms with Crippen molar-refractivity contribution >= 4 is 23.3 Å². The fourth-order valence-electron chi connectivity index (χ4n) is 6.98. The van der Waals surface area contributed by atoms with Crippen LogP contribution in [0.3, 0.4) is 0 Å². The van der Waals surface area contributed by atoms with Crippen LogP contribution in [0.4, 0.5) is 5.82 Å².